The van der Waals surface area contributed by atoms with Crippen LogP contribution in [0.3, 0.4) is 0 Å². The van der Waals surface area contributed by atoms with Gasteiger partial charge in [0.05, 0.1) is 11.8 Å². The van der Waals surface area contributed by atoms with E-state index in [1.807, 2.05) is 35.2 Å². The molecule has 2 aliphatic rings. The molecule has 2 fully saturated rings. The molecular formula is C19H26N2O3. The lowest BCUT2D eigenvalue weighted by atomic mass is 9.92. The number of benzene rings is 1. The van der Waals surface area contributed by atoms with E-state index < -0.39 is 17.8 Å². The molecule has 0 aromatic heterocycles. The molecule has 2 atom stereocenters. The lowest BCUT2D eigenvalue weighted by molar-refractivity contribution is -0.148. The SMILES string of the molecule is CC1CCN(C(=O)[C@H]2CN(Cc3ccccc3)C[C@H]2C(=O)O)CC1. The van der Waals surface area contributed by atoms with Gasteiger partial charge in [0.2, 0.25) is 5.91 Å². The maximum atomic E-state index is 12.9. The molecule has 1 aromatic rings. The van der Waals surface area contributed by atoms with Gasteiger partial charge in [0.15, 0.2) is 0 Å². The van der Waals surface area contributed by atoms with Gasteiger partial charge in [-0.25, -0.2) is 0 Å². The van der Waals surface area contributed by atoms with Crippen LogP contribution >= 0.6 is 0 Å². The minimum absolute atomic E-state index is 0.0323. The second-order valence-electron chi connectivity index (χ2n) is 7.24. The second-order valence-corrected chi connectivity index (χ2v) is 7.24. The summed E-state index contributed by atoms with van der Waals surface area (Å²) in [5.41, 5.74) is 1.15. The number of carboxylic acids is 1. The van der Waals surface area contributed by atoms with Gasteiger partial charge in [0, 0.05) is 32.7 Å². The van der Waals surface area contributed by atoms with Gasteiger partial charge in [-0.3, -0.25) is 14.5 Å². The van der Waals surface area contributed by atoms with E-state index in [1.165, 1.54) is 0 Å². The van der Waals surface area contributed by atoms with Crippen molar-refractivity contribution in [3.63, 3.8) is 0 Å². The van der Waals surface area contributed by atoms with E-state index in [2.05, 4.69) is 11.8 Å². The topological polar surface area (TPSA) is 60.9 Å². The van der Waals surface area contributed by atoms with Gasteiger partial charge in [0.25, 0.3) is 0 Å². The molecule has 0 saturated carbocycles. The van der Waals surface area contributed by atoms with Crippen LogP contribution in [0, 0.1) is 17.8 Å². The standard InChI is InChI=1S/C19H26N2O3/c1-14-7-9-21(10-8-14)18(22)16-12-20(13-17(16)19(23)24)11-15-5-3-2-4-6-15/h2-6,14,16-17H,7-13H2,1H3,(H,23,24)/t16-,17+/m0/s1. The van der Waals surface area contributed by atoms with Crippen LogP contribution < -0.4 is 0 Å². The van der Waals surface area contributed by atoms with Crippen molar-refractivity contribution in [1.29, 1.82) is 0 Å². The van der Waals surface area contributed by atoms with Crippen LogP contribution in [0.25, 0.3) is 0 Å². The van der Waals surface area contributed by atoms with Crippen molar-refractivity contribution >= 4 is 11.9 Å². The normalized spacial score (nSPS) is 25.8. The number of piperidine rings is 1. The Morgan fingerprint density at radius 1 is 1.08 bits per heavy atom. The molecule has 24 heavy (non-hydrogen) atoms. The summed E-state index contributed by atoms with van der Waals surface area (Å²) in [6.07, 6.45) is 2.04. The van der Waals surface area contributed by atoms with E-state index in [1.54, 1.807) is 0 Å². The van der Waals surface area contributed by atoms with Crippen LogP contribution in [0.4, 0.5) is 0 Å². The molecule has 2 aliphatic heterocycles. The third-order valence-corrected chi connectivity index (χ3v) is 5.37. The maximum absolute atomic E-state index is 12.9. The van der Waals surface area contributed by atoms with Gasteiger partial charge >= 0.3 is 5.97 Å². The Balaban J connectivity index is 1.67. The molecule has 1 N–H and O–H groups in total. The molecule has 1 amide bonds. The fourth-order valence-corrected chi connectivity index (χ4v) is 3.82. The first-order chi connectivity index (χ1) is 11.5. The highest BCUT2D eigenvalue weighted by Crippen LogP contribution is 2.28. The van der Waals surface area contributed by atoms with Crippen LogP contribution in [-0.4, -0.2) is 53.0 Å². The second kappa shape index (κ2) is 7.34. The fraction of sp³-hybridized carbons (Fsp3) is 0.579. The Morgan fingerprint density at radius 3 is 2.33 bits per heavy atom. The quantitative estimate of drug-likeness (QED) is 0.918. The molecule has 0 unspecified atom stereocenters. The van der Waals surface area contributed by atoms with Gasteiger partial charge in [-0.2, -0.15) is 0 Å². The first-order valence-corrected chi connectivity index (χ1v) is 8.82. The van der Waals surface area contributed by atoms with Gasteiger partial charge < -0.3 is 10.0 Å². The number of nitrogens with zero attached hydrogens (tertiary/aromatic N) is 2. The first kappa shape index (κ1) is 17.0. The van der Waals surface area contributed by atoms with E-state index in [4.69, 9.17) is 0 Å². The molecule has 5 nitrogen and oxygen atoms in total. The zero-order chi connectivity index (χ0) is 17.1. The van der Waals surface area contributed by atoms with Crippen molar-refractivity contribution in [2.24, 2.45) is 17.8 Å². The van der Waals surface area contributed by atoms with Crippen molar-refractivity contribution in [1.82, 2.24) is 9.80 Å². The van der Waals surface area contributed by atoms with Crippen LogP contribution in [0.1, 0.15) is 25.3 Å². The average Bonchev–Trinajstić information content (AvgIpc) is 3.00. The summed E-state index contributed by atoms with van der Waals surface area (Å²) in [6.45, 7) is 5.43. The number of hydrogen-bond acceptors (Lipinski definition) is 3. The maximum Gasteiger partial charge on any atom is 0.308 e. The number of carboxylic acid groups (broad SMARTS) is 1. The molecule has 0 aliphatic carbocycles. The Hall–Kier alpha value is -1.88. The Bertz CT molecular complexity index is 582. The number of rotatable bonds is 4. The summed E-state index contributed by atoms with van der Waals surface area (Å²) in [7, 11) is 0. The van der Waals surface area contributed by atoms with Gasteiger partial charge in [0.1, 0.15) is 0 Å². The largest absolute Gasteiger partial charge is 0.481 e. The number of likely N-dealkylation sites (tertiary alicyclic amines) is 2. The summed E-state index contributed by atoms with van der Waals surface area (Å²) < 4.78 is 0. The number of carbonyl (C=O) groups excluding carboxylic acids is 1. The van der Waals surface area contributed by atoms with Crippen molar-refractivity contribution < 1.29 is 14.7 Å². The summed E-state index contributed by atoms with van der Waals surface area (Å²) in [4.78, 5) is 28.5. The van der Waals surface area contributed by atoms with Crippen LogP contribution in [0.2, 0.25) is 0 Å². The molecular weight excluding hydrogens is 304 g/mol. The van der Waals surface area contributed by atoms with Gasteiger partial charge in [-0.05, 0) is 24.3 Å². The molecule has 1 aromatic carbocycles. The predicted molar refractivity (Wildman–Crippen MR) is 91.3 cm³/mol. The Labute approximate surface area is 143 Å². The molecule has 2 heterocycles. The zero-order valence-electron chi connectivity index (χ0n) is 14.2. The lowest BCUT2D eigenvalue weighted by Crippen LogP contribution is -2.44. The van der Waals surface area contributed by atoms with Crippen LogP contribution in [-0.2, 0) is 16.1 Å². The molecule has 2 saturated heterocycles. The van der Waals surface area contributed by atoms with E-state index >= 15 is 0 Å². The minimum Gasteiger partial charge on any atom is -0.481 e. The summed E-state index contributed by atoms with van der Waals surface area (Å²) in [6, 6.07) is 10.0. The molecule has 130 valence electrons. The Kier molecular flexibility index (Phi) is 5.19. The monoisotopic (exact) mass is 330 g/mol. The van der Waals surface area contributed by atoms with Gasteiger partial charge in [-0.15, -0.1) is 0 Å². The predicted octanol–water partition coefficient (Wildman–Crippen LogP) is 2.08. The highest BCUT2D eigenvalue weighted by atomic mass is 16.4. The molecule has 0 bridgehead atoms. The van der Waals surface area contributed by atoms with Crippen molar-refractivity contribution in [2.45, 2.75) is 26.3 Å². The van der Waals surface area contributed by atoms with E-state index in [0.717, 1.165) is 31.5 Å². The number of carbonyl (C=O) groups is 2. The number of aliphatic carboxylic acids is 1. The van der Waals surface area contributed by atoms with E-state index in [-0.39, 0.29) is 5.91 Å². The van der Waals surface area contributed by atoms with E-state index in [9.17, 15) is 14.7 Å². The third-order valence-electron chi connectivity index (χ3n) is 5.37. The molecule has 0 radical (unpaired) electrons. The smallest absolute Gasteiger partial charge is 0.308 e. The lowest BCUT2D eigenvalue weighted by Gasteiger charge is -2.32. The van der Waals surface area contributed by atoms with Crippen LogP contribution in [0.5, 0.6) is 0 Å². The van der Waals surface area contributed by atoms with Gasteiger partial charge in [-0.1, -0.05) is 37.3 Å². The van der Waals surface area contributed by atoms with Crippen molar-refractivity contribution in [2.75, 3.05) is 26.2 Å². The van der Waals surface area contributed by atoms with E-state index in [0.29, 0.717) is 25.6 Å². The molecule has 3 rings (SSSR count). The Morgan fingerprint density at radius 2 is 1.71 bits per heavy atom. The zero-order valence-corrected chi connectivity index (χ0v) is 14.2. The third kappa shape index (κ3) is 3.78. The molecule has 0 spiro atoms. The summed E-state index contributed by atoms with van der Waals surface area (Å²) in [5, 5.41) is 9.56. The fourth-order valence-electron chi connectivity index (χ4n) is 3.82. The summed E-state index contributed by atoms with van der Waals surface area (Å²) >= 11 is 0. The number of amides is 1. The van der Waals surface area contributed by atoms with Crippen LogP contribution in [0.15, 0.2) is 30.3 Å². The molecule has 5 heteroatoms. The van der Waals surface area contributed by atoms with Crippen molar-refractivity contribution in [3.8, 4) is 0 Å². The highest BCUT2D eigenvalue weighted by Gasteiger charge is 2.43. The minimum atomic E-state index is -0.853. The average molecular weight is 330 g/mol. The first-order valence-electron chi connectivity index (χ1n) is 8.82. The van der Waals surface area contributed by atoms with Crippen molar-refractivity contribution in [3.05, 3.63) is 35.9 Å². The number of hydrogen-bond donors (Lipinski definition) is 1. The highest BCUT2D eigenvalue weighted by molar-refractivity contribution is 5.85. The summed E-state index contributed by atoms with van der Waals surface area (Å²) in [5.74, 6) is -1.18.